The van der Waals surface area contributed by atoms with Crippen LogP contribution >= 0.6 is 0 Å². The number of halogens is 3. The topological polar surface area (TPSA) is 85.1 Å². The predicted molar refractivity (Wildman–Crippen MR) is 109 cm³/mol. The van der Waals surface area contributed by atoms with Gasteiger partial charge in [-0.1, -0.05) is 6.07 Å². The molecule has 1 aliphatic carbocycles. The van der Waals surface area contributed by atoms with E-state index >= 15 is 0 Å². The molecule has 0 spiro atoms. The van der Waals surface area contributed by atoms with Crippen LogP contribution in [-0.4, -0.2) is 36.5 Å². The number of carbonyl (C=O) groups is 1. The molecular weight excluding hydrogens is 421 g/mol. The number of rotatable bonds is 5. The number of alkyl halides is 3. The molecule has 1 fully saturated rings. The van der Waals surface area contributed by atoms with E-state index in [0.717, 1.165) is 18.9 Å². The van der Waals surface area contributed by atoms with Crippen molar-refractivity contribution >= 4 is 11.6 Å². The Labute approximate surface area is 180 Å². The Hall–Kier alpha value is -3.82. The summed E-state index contributed by atoms with van der Waals surface area (Å²) in [6.45, 7) is 0. The van der Waals surface area contributed by atoms with Crippen LogP contribution in [-0.2, 0) is 17.4 Å². The van der Waals surface area contributed by atoms with E-state index in [0.29, 0.717) is 22.5 Å². The van der Waals surface area contributed by atoms with Gasteiger partial charge < -0.3 is 5.32 Å². The summed E-state index contributed by atoms with van der Waals surface area (Å²) in [6.07, 6.45) is 2.35. The molecule has 32 heavy (non-hydrogen) atoms. The molecule has 0 bridgehead atoms. The number of pyridine rings is 2. The summed E-state index contributed by atoms with van der Waals surface area (Å²) in [5, 5.41) is 7.18. The second-order valence-electron chi connectivity index (χ2n) is 7.57. The molecule has 4 heterocycles. The summed E-state index contributed by atoms with van der Waals surface area (Å²) in [5.41, 5.74) is 1.56. The molecule has 0 radical (unpaired) electrons. The summed E-state index contributed by atoms with van der Waals surface area (Å²) < 4.78 is 41.0. The summed E-state index contributed by atoms with van der Waals surface area (Å²) >= 11 is 0. The molecule has 0 aromatic carbocycles. The molecule has 0 atom stereocenters. The van der Waals surface area contributed by atoms with Crippen LogP contribution in [0.25, 0.3) is 28.3 Å². The van der Waals surface area contributed by atoms with E-state index in [4.69, 9.17) is 0 Å². The highest BCUT2D eigenvalue weighted by Gasteiger charge is 2.32. The number of amides is 1. The van der Waals surface area contributed by atoms with Crippen LogP contribution < -0.4 is 5.32 Å². The first-order valence-corrected chi connectivity index (χ1v) is 10.0. The molecule has 5 rings (SSSR count). The second kappa shape index (κ2) is 7.70. The zero-order valence-electron chi connectivity index (χ0n) is 16.7. The highest BCUT2D eigenvalue weighted by atomic mass is 19.4. The van der Waals surface area contributed by atoms with Crippen molar-refractivity contribution in [3.8, 4) is 22.6 Å². The summed E-state index contributed by atoms with van der Waals surface area (Å²) in [4.78, 5) is 24.9. The first-order valence-electron chi connectivity index (χ1n) is 10.0. The number of hydrogen-bond acceptors (Lipinski definition) is 5. The molecule has 0 aliphatic heterocycles. The minimum Gasteiger partial charge on any atom is -0.353 e. The molecule has 10 heteroatoms. The monoisotopic (exact) mass is 438 g/mol. The molecule has 162 valence electrons. The molecular formula is C22H17F3N6O. The maximum Gasteiger partial charge on any atom is 0.433 e. The molecule has 4 aromatic rings. The second-order valence-corrected chi connectivity index (χ2v) is 7.57. The smallest absolute Gasteiger partial charge is 0.353 e. The minimum absolute atomic E-state index is 0.0923. The Bertz CT molecular complexity index is 1310. The third-order valence-corrected chi connectivity index (χ3v) is 5.10. The number of carbonyl (C=O) groups excluding carboxylic acids is 1. The maximum atomic E-state index is 13.1. The minimum atomic E-state index is -4.56. The van der Waals surface area contributed by atoms with Gasteiger partial charge in [-0.3, -0.25) is 9.78 Å². The first-order chi connectivity index (χ1) is 15.4. The lowest BCUT2D eigenvalue weighted by Gasteiger charge is -2.11. The van der Waals surface area contributed by atoms with Gasteiger partial charge in [0.15, 0.2) is 5.65 Å². The summed E-state index contributed by atoms with van der Waals surface area (Å²) in [5.74, 6) is -0.0927. The third kappa shape index (κ3) is 4.03. The van der Waals surface area contributed by atoms with Gasteiger partial charge in [0.1, 0.15) is 5.69 Å². The Morgan fingerprint density at radius 3 is 2.72 bits per heavy atom. The van der Waals surface area contributed by atoms with E-state index in [1.54, 1.807) is 35.1 Å². The van der Waals surface area contributed by atoms with Crippen LogP contribution in [0.4, 0.5) is 13.2 Å². The van der Waals surface area contributed by atoms with Crippen molar-refractivity contribution in [2.24, 2.45) is 0 Å². The summed E-state index contributed by atoms with van der Waals surface area (Å²) in [7, 11) is 0. The lowest BCUT2D eigenvalue weighted by atomic mass is 10.1. The van der Waals surface area contributed by atoms with E-state index in [9.17, 15) is 18.0 Å². The molecule has 1 N–H and O–H groups in total. The Kier molecular flexibility index (Phi) is 4.84. The van der Waals surface area contributed by atoms with Crippen molar-refractivity contribution in [3.63, 3.8) is 0 Å². The van der Waals surface area contributed by atoms with Gasteiger partial charge in [-0.15, -0.1) is 0 Å². The van der Waals surface area contributed by atoms with E-state index in [1.807, 2.05) is 0 Å². The van der Waals surface area contributed by atoms with Crippen LogP contribution in [0.2, 0.25) is 0 Å². The zero-order chi connectivity index (χ0) is 22.3. The van der Waals surface area contributed by atoms with Crippen LogP contribution in [0.3, 0.4) is 0 Å². The quantitative estimate of drug-likeness (QED) is 0.514. The van der Waals surface area contributed by atoms with E-state index in [-0.39, 0.29) is 29.8 Å². The molecule has 0 saturated heterocycles. The number of hydrogen-bond donors (Lipinski definition) is 1. The van der Waals surface area contributed by atoms with Crippen LogP contribution in [0.15, 0.2) is 55.0 Å². The number of nitrogens with one attached hydrogen (secondary N) is 1. The standard InChI is InChI=1S/C22H17F3N6O/c23-22(24,25)18-5-1-4-17(29-18)20-15(3-2-9-26-20)16-8-10-31-21(30-16)13(12-27-31)11-19(32)28-14-6-7-14/h1-5,8-10,12,14H,6-7,11H2,(H,28,32). The zero-order valence-corrected chi connectivity index (χ0v) is 16.7. The Morgan fingerprint density at radius 1 is 1.09 bits per heavy atom. The van der Waals surface area contributed by atoms with Crippen molar-refractivity contribution < 1.29 is 18.0 Å². The van der Waals surface area contributed by atoms with Gasteiger partial charge in [0.05, 0.1) is 29.7 Å². The molecule has 1 saturated carbocycles. The molecule has 7 nitrogen and oxygen atoms in total. The van der Waals surface area contributed by atoms with Gasteiger partial charge in [0, 0.05) is 29.6 Å². The van der Waals surface area contributed by atoms with Crippen molar-refractivity contribution in [1.82, 2.24) is 29.9 Å². The van der Waals surface area contributed by atoms with Gasteiger partial charge in [0.25, 0.3) is 0 Å². The van der Waals surface area contributed by atoms with Crippen molar-refractivity contribution in [2.75, 3.05) is 0 Å². The average molecular weight is 438 g/mol. The third-order valence-electron chi connectivity index (χ3n) is 5.10. The average Bonchev–Trinajstić information content (AvgIpc) is 3.51. The SMILES string of the molecule is O=C(Cc1cnn2ccc(-c3cccnc3-c3cccc(C(F)(F)F)n3)nc12)NC1CC1. The van der Waals surface area contributed by atoms with Crippen LogP contribution in [0, 0.1) is 0 Å². The number of nitrogens with zero attached hydrogens (tertiary/aromatic N) is 5. The molecule has 1 aliphatic rings. The van der Waals surface area contributed by atoms with Crippen LogP contribution in [0.1, 0.15) is 24.1 Å². The summed E-state index contributed by atoms with van der Waals surface area (Å²) in [6, 6.07) is 9.05. The van der Waals surface area contributed by atoms with Crippen molar-refractivity contribution in [2.45, 2.75) is 31.5 Å². The normalized spacial score (nSPS) is 14.0. The molecule has 1 amide bonds. The maximum absolute atomic E-state index is 13.1. The first kappa shape index (κ1) is 20.1. The largest absolute Gasteiger partial charge is 0.433 e. The van der Waals surface area contributed by atoms with Gasteiger partial charge in [-0.25, -0.2) is 14.5 Å². The van der Waals surface area contributed by atoms with Gasteiger partial charge in [-0.2, -0.15) is 18.3 Å². The fourth-order valence-corrected chi connectivity index (χ4v) is 3.41. The number of aromatic nitrogens is 5. The van der Waals surface area contributed by atoms with Gasteiger partial charge >= 0.3 is 6.18 Å². The lowest BCUT2D eigenvalue weighted by Crippen LogP contribution is -2.26. The Morgan fingerprint density at radius 2 is 1.94 bits per heavy atom. The van der Waals surface area contributed by atoms with Crippen molar-refractivity contribution in [3.05, 3.63) is 66.2 Å². The fourth-order valence-electron chi connectivity index (χ4n) is 3.41. The van der Waals surface area contributed by atoms with E-state index < -0.39 is 11.9 Å². The van der Waals surface area contributed by atoms with E-state index in [2.05, 4.69) is 25.4 Å². The fraction of sp³-hybridized carbons (Fsp3) is 0.227. The molecule has 0 unspecified atom stereocenters. The highest BCUT2D eigenvalue weighted by Crippen LogP contribution is 2.32. The van der Waals surface area contributed by atoms with Gasteiger partial charge in [0.2, 0.25) is 5.91 Å². The Balaban J connectivity index is 1.53. The van der Waals surface area contributed by atoms with Gasteiger partial charge in [-0.05, 0) is 43.2 Å². The lowest BCUT2D eigenvalue weighted by molar-refractivity contribution is -0.141. The molecule has 4 aromatic heterocycles. The van der Waals surface area contributed by atoms with Crippen molar-refractivity contribution in [1.29, 1.82) is 0 Å². The predicted octanol–water partition coefficient (Wildman–Crippen LogP) is 3.69. The number of fused-ring (bicyclic) bond motifs is 1. The highest BCUT2D eigenvalue weighted by molar-refractivity contribution is 5.82. The van der Waals surface area contributed by atoms with Crippen LogP contribution in [0.5, 0.6) is 0 Å². The van der Waals surface area contributed by atoms with E-state index in [1.165, 1.54) is 18.3 Å².